The second kappa shape index (κ2) is 5.85. The summed E-state index contributed by atoms with van der Waals surface area (Å²) in [5.41, 5.74) is 0.253. The van der Waals surface area contributed by atoms with Crippen molar-refractivity contribution in [1.29, 1.82) is 0 Å². The van der Waals surface area contributed by atoms with E-state index >= 15 is 0 Å². The molecule has 3 aromatic rings. The van der Waals surface area contributed by atoms with Gasteiger partial charge in [0, 0.05) is 28.8 Å². The molecule has 0 aliphatic heterocycles. The van der Waals surface area contributed by atoms with Gasteiger partial charge in [-0.1, -0.05) is 6.07 Å². The Labute approximate surface area is 143 Å². The van der Waals surface area contributed by atoms with Gasteiger partial charge in [-0.3, -0.25) is 9.89 Å². The van der Waals surface area contributed by atoms with Crippen molar-refractivity contribution in [1.82, 2.24) is 15.2 Å². The summed E-state index contributed by atoms with van der Waals surface area (Å²) >= 11 is 1.54. The Kier molecular flexibility index (Phi) is 4.02. The third-order valence-electron chi connectivity index (χ3n) is 3.02. The van der Waals surface area contributed by atoms with Gasteiger partial charge in [0.2, 0.25) is 9.84 Å². The molecule has 10 heteroatoms. The van der Waals surface area contributed by atoms with E-state index in [2.05, 4.69) is 20.5 Å². The number of pyridine rings is 1. The fourth-order valence-electron chi connectivity index (χ4n) is 1.99. The number of nitrogens with zero attached hydrogens (tertiary/aromatic N) is 2. The fourth-order valence-corrected chi connectivity index (χ4v) is 3.52. The van der Waals surface area contributed by atoms with Gasteiger partial charge in [-0.25, -0.2) is 17.8 Å². The predicted molar refractivity (Wildman–Crippen MR) is 88.8 cm³/mol. The van der Waals surface area contributed by atoms with Crippen molar-refractivity contribution in [3.8, 4) is 0 Å². The van der Waals surface area contributed by atoms with Gasteiger partial charge in [0.05, 0.1) is 15.2 Å². The molecule has 2 aromatic heterocycles. The quantitative estimate of drug-likeness (QED) is 0.366. The molecule has 0 radical (unpaired) electrons. The van der Waals surface area contributed by atoms with Crippen LogP contribution in [0.3, 0.4) is 0 Å². The Morgan fingerprint density at radius 3 is 2.74 bits per heavy atom. The van der Waals surface area contributed by atoms with E-state index in [9.17, 15) is 17.6 Å². The van der Waals surface area contributed by atoms with Crippen LogP contribution in [0.2, 0.25) is 0 Å². The van der Waals surface area contributed by atoms with Gasteiger partial charge in [-0.05, 0) is 24.3 Å². The SMILES string of the molecule is O=C(I)Nc1[nH]nc2ncc(S(=O)(=O)c3cccc(F)c3)cc12. The Morgan fingerprint density at radius 2 is 2.04 bits per heavy atom. The van der Waals surface area contributed by atoms with Crippen molar-refractivity contribution >= 4 is 53.2 Å². The average Bonchev–Trinajstić information content (AvgIpc) is 2.89. The van der Waals surface area contributed by atoms with Gasteiger partial charge >= 0.3 is 0 Å². The Bertz CT molecular complexity index is 1020. The third-order valence-corrected chi connectivity index (χ3v) is 5.01. The predicted octanol–water partition coefficient (Wildman–Crippen LogP) is 2.90. The zero-order valence-corrected chi connectivity index (χ0v) is 14.2. The lowest BCUT2D eigenvalue weighted by molar-refractivity contribution is 0.271. The molecule has 118 valence electrons. The number of anilines is 1. The highest BCUT2D eigenvalue weighted by molar-refractivity contribution is 14.1. The number of benzene rings is 1. The van der Waals surface area contributed by atoms with Crippen LogP contribution < -0.4 is 5.32 Å². The fraction of sp³-hybridized carbons (Fsp3) is 0. The molecule has 0 aliphatic rings. The molecular formula is C13H8FIN4O3S. The highest BCUT2D eigenvalue weighted by Gasteiger charge is 2.21. The van der Waals surface area contributed by atoms with E-state index in [1.54, 1.807) is 0 Å². The minimum absolute atomic E-state index is 0.124. The van der Waals surface area contributed by atoms with E-state index < -0.39 is 15.7 Å². The zero-order valence-electron chi connectivity index (χ0n) is 11.2. The number of carbonyl (C=O) groups is 1. The molecule has 1 aromatic carbocycles. The molecule has 3 rings (SSSR count). The number of hydrogen-bond acceptors (Lipinski definition) is 5. The molecule has 0 bridgehead atoms. The van der Waals surface area contributed by atoms with Crippen molar-refractivity contribution in [3.05, 3.63) is 42.3 Å². The lowest BCUT2D eigenvalue weighted by Crippen LogP contribution is -2.04. The first-order valence-corrected chi connectivity index (χ1v) is 8.75. The van der Waals surface area contributed by atoms with E-state index in [1.165, 1.54) is 40.8 Å². The summed E-state index contributed by atoms with van der Waals surface area (Å²) < 4.78 is 38.0. The number of fused-ring (bicyclic) bond motifs is 1. The van der Waals surface area contributed by atoms with Crippen LogP contribution in [0, 0.1) is 5.82 Å². The smallest absolute Gasteiger partial charge is 0.286 e. The number of carbonyl (C=O) groups excluding carboxylic acids is 1. The Hall–Kier alpha value is -2.08. The first-order chi connectivity index (χ1) is 10.9. The van der Waals surface area contributed by atoms with Crippen LogP contribution in [-0.2, 0) is 9.84 Å². The maximum absolute atomic E-state index is 13.3. The highest BCUT2D eigenvalue weighted by atomic mass is 127. The molecule has 0 atom stereocenters. The minimum Gasteiger partial charge on any atom is -0.302 e. The number of aromatic nitrogens is 3. The van der Waals surface area contributed by atoms with Gasteiger partial charge in [-0.15, -0.1) is 0 Å². The van der Waals surface area contributed by atoms with E-state index in [1.807, 2.05) is 0 Å². The standard InChI is InChI=1S/C13H8FIN4O3S/c14-7-2-1-3-8(4-7)23(21,22)9-5-10-11(16-6-9)18-19-12(10)17-13(15)20/h1-6H,(H2,16,17,18,19,20). The molecule has 0 spiro atoms. The van der Waals surface area contributed by atoms with E-state index in [0.717, 1.165) is 18.3 Å². The van der Waals surface area contributed by atoms with Gasteiger partial charge in [-0.2, -0.15) is 5.10 Å². The van der Waals surface area contributed by atoms with Crippen LogP contribution >= 0.6 is 22.6 Å². The van der Waals surface area contributed by atoms with Crippen molar-refractivity contribution < 1.29 is 17.6 Å². The number of sulfone groups is 1. The second-order valence-corrected chi connectivity index (χ2v) is 7.43. The normalized spacial score (nSPS) is 11.6. The molecule has 2 heterocycles. The molecule has 7 nitrogen and oxygen atoms in total. The number of hydrogen-bond donors (Lipinski definition) is 2. The van der Waals surface area contributed by atoms with Crippen molar-refractivity contribution in [2.24, 2.45) is 0 Å². The van der Waals surface area contributed by atoms with E-state index in [-0.39, 0.29) is 25.2 Å². The molecule has 0 unspecified atom stereocenters. The topological polar surface area (TPSA) is 105 Å². The molecular weight excluding hydrogens is 438 g/mol. The molecule has 0 aliphatic carbocycles. The summed E-state index contributed by atoms with van der Waals surface area (Å²) in [4.78, 5) is 14.8. The van der Waals surface area contributed by atoms with Crippen molar-refractivity contribution in [2.45, 2.75) is 9.79 Å². The summed E-state index contributed by atoms with van der Waals surface area (Å²) in [5.74, 6) is -0.413. The van der Waals surface area contributed by atoms with Crippen LogP contribution in [0.25, 0.3) is 11.0 Å². The summed E-state index contributed by atoms with van der Waals surface area (Å²) in [7, 11) is -3.93. The first-order valence-electron chi connectivity index (χ1n) is 6.19. The molecule has 0 saturated carbocycles. The summed E-state index contributed by atoms with van der Waals surface area (Å²) in [6.07, 6.45) is 1.14. The summed E-state index contributed by atoms with van der Waals surface area (Å²) in [6.45, 7) is 0. The number of rotatable bonds is 3. The zero-order chi connectivity index (χ0) is 16.6. The number of aromatic amines is 1. The summed E-state index contributed by atoms with van der Waals surface area (Å²) in [6, 6.07) is 6.03. The Morgan fingerprint density at radius 1 is 1.26 bits per heavy atom. The Balaban J connectivity index is 2.14. The molecule has 2 N–H and O–H groups in total. The third kappa shape index (κ3) is 3.03. The number of H-pyrrole nitrogens is 1. The molecule has 1 amide bonds. The van der Waals surface area contributed by atoms with Crippen molar-refractivity contribution in [3.63, 3.8) is 0 Å². The molecule has 23 heavy (non-hydrogen) atoms. The monoisotopic (exact) mass is 446 g/mol. The van der Waals surface area contributed by atoms with E-state index in [4.69, 9.17) is 0 Å². The lowest BCUT2D eigenvalue weighted by atomic mass is 10.3. The van der Waals surface area contributed by atoms with Gasteiger partial charge < -0.3 is 5.32 Å². The van der Waals surface area contributed by atoms with Crippen LogP contribution in [0.5, 0.6) is 0 Å². The summed E-state index contributed by atoms with van der Waals surface area (Å²) in [5, 5.41) is 9.27. The van der Waals surface area contributed by atoms with Crippen LogP contribution in [-0.4, -0.2) is 27.5 Å². The van der Waals surface area contributed by atoms with Crippen LogP contribution in [0.15, 0.2) is 46.3 Å². The number of nitrogens with one attached hydrogen (secondary N) is 2. The number of halogens is 2. The van der Waals surface area contributed by atoms with Crippen molar-refractivity contribution in [2.75, 3.05) is 5.32 Å². The lowest BCUT2D eigenvalue weighted by Gasteiger charge is -2.05. The highest BCUT2D eigenvalue weighted by Crippen LogP contribution is 2.26. The second-order valence-electron chi connectivity index (χ2n) is 4.50. The van der Waals surface area contributed by atoms with Crippen LogP contribution in [0.4, 0.5) is 15.0 Å². The largest absolute Gasteiger partial charge is 0.302 e. The maximum Gasteiger partial charge on any atom is 0.286 e. The van der Waals surface area contributed by atoms with Gasteiger partial charge in [0.15, 0.2) is 5.65 Å². The molecule has 0 saturated heterocycles. The number of amides is 1. The van der Waals surface area contributed by atoms with E-state index in [0.29, 0.717) is 5.39 Å². The maximum atomic E-state index is 13.3. The average molecular weight is 446 g/mol. The van der Waals surface area contributed by atoms with Gasteiger partial charge in [0.25, 0.3) is 3.91 Å². The van der Waals surface area contributed by atoms with Gasteiger partial charge in [0.1, 0.15) is 11.6 Å². The van der Waals surface area contributed by atoms with Crippen LogP contribution in [0.1, 0.15) is 0 Å². The first kappa shape index (κ1) is 15.8. The minimum atomic E-state index is -3.93. The molecule has 0 fully saturated rings.